The van der Waals surface area contributed by atoms with Crippen LogP contribution in [-0.2, 0) is 4.79 Å². The Kier molecular flexibility index (Phi) is 5.22. The van der Waals surface area contributed by atoms with Crippen LogP contribution in [0.3, 0.4) is 0 Å². The van der Waals surface area contributed by atoms with Crippen LogP contribution >= 0.6 is 0 Å². The van der Waals surface area contributed by atoms with E-state index in [1.807, 2.05) is 14.0 Å². The lowest BCUT2D eigenvalue weighted by atomic mass is 9.95. The maximum Gasteiger partial charge on any atom is 0.237 e. The molecule has 0 aromatic carbocycles. The second kappa shape index (κ2) is 6.71. The first-order valence-corrected chi connectivity index (χ1v) is 7.86. The van der Waals surface area contributed by atoms with Crippen molar-refractivity contribution < 1.29 is 4.79 Å². The Balaban J connectivity index is 1.82. The Bertz CT molecular complexity index is 298. The zero-order chi connectivity index (χ0) is 13.8. The van der Waals surface area contributed by atoms with E-state index >= 15 is 0 Å². The van der Waals surface area contributed by atoms with Gasteiger partial charge in [-0.15, -0.1) is 0 Å². The fraction of sp³-hybridized carbons (Fsp3) is 0.933. The normalized spacial score (nSPS) is 24.2. The highest BCUT2D eigenvalue weighted by Crippen LogP contribution is 2.35. The summed E-state index contributed by atoms with van der Waals surface area (Å²) < 4.78 is 0. The number of likely N-dealkylation sites (N-methyl/N-ethyl adjacent to an activating group) is 1. The maximum atomic E-state index is 12.3. The van der Waals surface area contributed by atoms with Crippen molar-refractivity contribution in [3.63, 3.8) is 0 Å². The van der Waals surface area contributed by atoms with Gasteiger partial charge in [-0.25, -0.2) is 0 Å². The monoisotopic (exact) mass is 267 g/mol. The van der Waals surface area contributed by atoms with Crippen LogP contribution in [0.15, 0.2) is 0 Å². The minimum atomic E-state index is -0.0731. The molecule has 2 aliphatic rings. The summed E-state index contributed by atoms with van der Waals surface area (Å²) >= 11 is 0. The first kappa shape index (κ1) is 14.8. The molecule has 110 valence electrons. The molecule has 19 heavy (non-hydrogen) atoms. The zero-order valence-corrected chi connectivity index (χ0v) is 12.4. The number of nitrogens with two attached hydrogens (primary N) is 1. The third kappa shape index (κ3) is 3.93. The highest BCUT2D eigenvalue weighted by Gasteiger charge is 2.36. The average molecular weight is 267 g/mol. The van der Waals surface area contributed by atoms with Crippen molar-refractivity contribution in [2.24, 2.45) is 11.7 Å². The van der Waals surface area contributed by atoms with Crippen molar-refractivity contribution in [2.75, 3.05) is 13.6 Å². The van der Waals surface area contributed by atoms with Gasteiger partial charge in [0.2, 0.25) is 5.91 Å². The van der Waals surface area contributed by atoms with Gasteiger partial charge in [0, 0.05) is 18.6 Å². The predicted molar refractivity (Wildman–Crippen MR) is 77.8 cm³/mol. The molecule has 0 radical (unpaired) electrons. The Morgan fingerprint density at radius 2 is 1.89 bits per heavy atom. The summed E-state index contributed by atoms with van der Waals surface area (Å²) in [5.41, 5.74) is 5.86. The average Bonchev–Trinajstić information content (AvgIpc) is 3.24. The molecule has 4 heteroatoms. The van der Waals surface area contributed by atoms with E-state index in [-0.39, 0.29) is 11.9 Å². The van der Waals surface area contributed by atoms with Gasteiger partial charge in [0.25, 0.3) is 0 Å². The summed E-state index contributed by atoms with van der Waals surface area (Å²) in [6.45, 7) is 2.66. The molecular formula is C15H29N3O. The minimum Gasteiger partial charge on any atom is -0.352 e. The molecule has 3 N–H and O–H groups in total. The molecule has 2 saturated carbocycles. The Labute approximate surface area is 117 Å². The van der Waals surface area contributed by atoms with Crippen LogP contribution in [0.4, 0.5) is 0 Å². The first-order chi connectivity index (χ1) is 9.13. The van der Waals surface area contributed by atoms with Crippen molar-refractivity contribution in [2.45, 2.75) is 70.0 Å². The fourth-order valence-electron chi connectivity index (χ4n) is 3.21. The molecule has 4 nitrogen and oxygen atoms in total. The van der Waals surface area contributed by atoms with E-state index < -0.39 is 0 Å². The molecule has 2 unspecified atom stereocenters. The number of hydrogen-bond donors (Lipinski definition) is 2. The molecule has 0 aliphatic heterocycles. The van der Waals surface area contributed by atoms with Crippen LogP contribution in [0.2, 0.25) is 0 Å². The summed E-state index contributed by atoms with van der Waals surface area (Å²) in [4.78, 5) is 14.5. The lowest BCUT2D eigenvalue weighted by Gasteiger charge is -2.33. The second-order valence-electron chi connectivity index (χ2n) is 6.33. The largest absolute Gasteiger partial charge is 0.352 e. The quantitative estimate of drug-likeness (QED) is 0.766. The van der Waals surface area contributed by atoms with E-state index in [4.69, 9.17) is 5.73 Å². The zero-order valence-electron chi connectivity index (χ0n) is 12.4. The standard InChI is InChI=1S/C15H29N3O/c1-11(18(2)14(10-16)12-8-9-12)15(19)17-13-6-4-3-5-7-13/h11-14H,3-10,16H2,1-2H3,(H,17,19). The summed E-state index contributed by atoms with van der Waals surface area (Å²) in [6, 6.07) is 0.692. The smallest absolute Gasteiger partial charge is 0.237 e. The number of carbonyl (C=O) groups is 1. The third-order valence-corrected chi connectivity index (χ3v) is 4.87. The number of amides is 1. The fourth-order valence-corrected chi connectivity index (χ4v) is 3.21. The number of nitrogens with zero attached hydrogens (tertiary/aromatic N) is 1. The van der Waals surface area contributed by atoms with Crippen molar-refractivity contribution >= 4 is 5.91 Å². The summed E-state index contributed by atoms with van der Waals surface area (Å²) in [5, 5.41) is 3.22. The van der Waals surface area contributed by atoms with E-state index in [1.165, 1.54) is 32.1 Å². The van der Waals surface area contributed by atoms with Crippen molar-refractivity contribution in [3.8, 4) is 0 Å². The van der Waals surface area contributed by atoms with Gasteiger partial charge in [-0.1, -0.05) is 19.3 Å². The molecule has 2 atom stereocenters. The lowest BCUT2D eigenvalue weighted by Crippen LogP contribution is -2.52. The molecule has 0 spiro atoms. The van der Waals surface area contributed by atoms with E-state index in [9.17, 15) is 4.79 Å². The van der Waals surface area contributed by atoms with Crippen molar-refractivity contribution in [1.29, 1.82) is 0 Å². The van der Waals surface area contributed by atoms with Crippen LogP contribution in [0.1, 0.15) is 51.9 Å². The van der Waals surface area contributed by atoms with Crippen LogP contribution < -0.4 is 11.1 Å². The summed E-state index contributed by atoms with van der Waals surface area (Å²) in [7, 11) is 2.04. The minimum absolute atomic E-state index is 0.0731. The number of carbonyl (C=O) groups excluding carboxylic acids is 1. The molecule has 0 aromatic heterocycles. The van der Waals surface area contributed by atoms with Gasteiger partial charge in [-0.2, -0.15) is 0 Å². The van der Waals surface area contributed by atoms with Gasteiger partial charge in [0.05, 0.1) is 6.04 Å². The Morgan fingerprint density at radius 3 is 2.42 bits per heavy atom. The van der Waals surface area contributed by atoms with Gasteiger partial charge in [0.1, 0.15) is 0 Å². The number of hydrogen-bond acceptors (Lipinski definition) is 3. The number of nitrogens with one attached hydrogen (secondary N) is 1. The van der Waals surface area contributed by atoms with Crippen LogP contribution in [-0.4, -0.2) is 42.5 Å². The lowest BCUT2D eigenvalue weighted by molar-refractivity contribution is -0.127. The van der Waals surface area contributed by atoms with Crippen LogP contribution in [0.5, 0.6) is 0 Å². The molecule has 2 rings (SSSR count). The van der Waals surface area contributed by atoms with Crippen LogP contribution in [0, 0.1) is 5.92 Å². The molecule has 0 saturated heterocycles. The Hall–Kier alpha value is -0.610. The van der Waals surface area contributed by atoms with Gasteiger partial charge < -0.3 is 11.1 Å². The summed E-state index contributed by atoms with van der Waals surface area (Å²) in [6.07, 6.45) is 8.65. The molecule has 0 heterocycles. The Morgan fingerprint density at radius 1 is 1.26 bits per heavy atom. The molecule has 2 fully saturated rings. The van der Waals surface area contributed by atoms with Crippen molar-refractivity contribution in [3.05, 3.63) is 0 Å². The summed E-state index contributed by atoms with van der Waals surface area (Å²) in [5.74, 6) is 0.883. The van der Waals surface area contributed by atoms with E-state index in [0.29, 0.717) is 24.5 Å². The number of rotatable bonds is 6. The van der Waals surface area contributed by atoms with Gasteiger partial charge in [0.15, 0.2) is 0 Å². The van der Waals surface area contributed by atoms with Gasteiger partial charge >= 0.3 is 0 Å². The van der Waals surface area contributed by atoms with Crippen LogP contribution in [0.25, 0.3) is 0 Å². The molecule has 0 bridgehead atoms. The molecule has 2 aliphatic carbocycles. The van der Waals surface area contributed by atoms with E-state index in [0.717, 1.165) is 12.8 Å². The van der Waals surface area contributed by atoms with E-state index in [2.05, 4.69) is 10.2 Å². The SMILES string of the molecule is CC(C(=O)NC1CCCCC1)N(C)C(CN)C1CC1. The first-order valence-electron chi connectivity index (χ1n) is 7.86. The van der Waals surface area contributed by atoms with Gasteiger partial charge in [-0.05, 0) is 45.6 Å². The molecular weight excluding hydrogens is 238 g/mol. The highest BCUT2D eigenvalue weighted by molar-refractivity contribution is 5.81. The maximum absolute atomic E-state index is 12.3. The third-order valence-electron chi connectivity index (χ3n) is 4.87. The molecule has 0 aromatic rings. The van der Waals surface area contributed by atoms with Crippen molar-refractivity contribution in [1.82, 2.24) is 10.2 Å². The highest BCUT2D eigenvalue weighted by atomic mass is 16.2. The molecule has 1 amide bonds. The second-order valence-corrected chi connectivity index (χ2v) is 6.33. The topological polar surface area (TPSA) is 58.4 Å². The predicted octanol–water partition coefficient (Wildman–Crippen LogP) is 1.49. The van der Waals surface area contributed by atoms with E-state index in [1.54, 1.807) is 0 Å². The van der Waals surface area contributed by atoms with Gasteiger partial charge in [-0.3, -0.25) is 9.69 Å².